The fourth-order valence-corrected chi connectivity index (χ4v) is 2.27. The van der Waals surface area contributed by atoms with Gasteiger partial charge in [-0.05, 0) is 12.5 Å². The number of nitro benzene ring substituents is 1. The molecule has 1 saturated heterocycles. The number of rotatable bonds is 4. The smallest absolute Gasteiger partial charge is 0.338 e. The molecule has 1 aliphatic heterocycles. The summed E-state index contributed by atoms with van der Waals surface area (Å²) < 4.78 is 5.54. The Labute approximate surface area is 115 Å². The minimum Gasteiger partial charge on any atom is -0.478 e. The maximum Gasteiger partial charge on any atom is 0.338 e. The molecule has 7 nitrogen and oxygen atoms in total. The first-order chi connectivity index (χ1) is 9.52. The Balaban J connectivity index is 2.35. The van der Waals surface area contributed by atoms with Crippen molar-refractivity contribution in [2.75, 3.05) is 24.6 Å². The summed E-state index contributed by atoms with van der Waals surface area (Å²) in [6.45, 7) is 3.69. The molecule has 1 N–H and O–H groups in total. The van der Waals surface area contributed by atoms with Crippen LogP contribution in [0, 0.1) is 10.1 Å². The summed E-state index contributed by atoms with van der Waals surface area (Å²) >= 11 is 0. The zero-order valence-corrected chi connectivity index (χ0v) is 11.1. The van der Waals surface area contributed by atoms with Gasteiger partial charge in [0.05, 0.1) is 28.9 Å². The molecular formula is C13H16N2O5. The average Bonchev–Trinajstić information content (AvgIpc) is 2.46. The molecule has 1 aromatic rings. The van der Waals surface area contributed by atoms with Gasteiger partial charge in [-0.3, -0.25) is 10.1 Å². The summed E-state index contributed by atoms with van der Waals surface area (Å²) in [7, 11) is 0. The molecule has 1 unspecified atom stereocenters. The van der Waals surface area contributed by atoms with Crippen LogP contribution in [0.1, 0.15) is 23.7 Å². The van der Waals surface area contributed by atoms with Crippen LogP contribution >= 0.6 is 0 Å². The van der Waals surface area contributed by atoms with Gasteiger partial charge in [-0.15, -0.1) is 0 Å². The standard InChI is InChI=1S/C13H16N2O5/c1-2-10-8-14(5-6-20-10)12-4-3-9(15(18)19)7-11(12)13(16)17/h3-4,7,10H,2,5-6,8H2,1H3,(H,16,17). The van der Waals surface area contributed by atoms with Gasteiger partial charge in [0, 0.05) is 25.2 Å². The topological polar surface area (TPSA) is 92.9 Å². The van der Waals surface area contributed by atoms with Crippen molar-refractivity contribution in [3.63, 3.8) is 0 Å². The van der Waals surface area contributed by atoms with E-state index in [1.165, 1.54) is 12.1 Å². The predicted octanol–water partition coefficient (Wildman–Crippen LogP) is 1.91. The first-order valence-electron chi connectivity index (χ1n) is 6.41. The van der Waals surface area contributed by atoms with Crippen LogP contribution in [0.25, 0.3) is 0 Å². The Morgan fingerprint density at radius 3 is 2.95 bits per heavy atom. The largest absolute Gasteiger partial charge is 0.478 e. The second-order valence-corrected chi connectivity index (χ2v) is 4.61. The third-order valence-corrected chi connectivity index (χ3v) is 3.36. The highest BCUT2D eigenvalue weighted by atomic mass is 16.6. The van der Waals surface area contributed by atoms with E-state index in [-0.39, 0.29) is 17.4 Å². The lowest BCUT2D eigenvalue weighted by Crippen LogP contribution is -2.42. The molecule has 108 valence electrons. The molecule has 0 aliphatic carbocycles. The Morgan fingerprint density at radius 1 is 1.60 bits per heavy atom. The number of anilines is 1. The highest BCUT2D eigenvalue weighted by Gasteiger charge is 2.24. The van der Waals surface area contributed by atoms with Gasteiger partial charge in [0.15, 0.2) is 0 Å². The Kier molecular flexibility index (Phi) is 4.19. The number of nitro groups is 1. The lowest BCUT2D eigenvalue weighted by molar-refractivity contribution is -0.384. The van der Waals surface area contributed by atoms with Crippen molar-refractivity contribution in [1.29, 1.82) is 0 Å². The normalized spacial score (nSPS) is 18.9. The number of carbonyl (C=O) groups is 1. The van der Waals surface area contributed by atoms with Gasteiger partial charge < -0.3 is 14.7 Å². The lowest BCUT2D eigenvalue weighted by Gasteiger charge is -2.34. The van der Waals surface area contributed by atoms with Crippen LogP contribution in [0.15, 0.2) is 18.2 Å². The maximum absolute atomic E-state index is 11.3. The molecule has 7 heteroatoms. The molecule has 0 aromatic heterocycles. The number of nitrogens with zero attached hydrogens (tertiary/aromatic N) is 2. The second kappa shape index (κ2) is 5.87. The highest BCUT2D eigenvalue weighted by molar-refractivity contribution is 5.95. The molecule has 2 rings (SSSR count). The van der Waals surface area contributed by atoms with E-state index < -0.39 is 10.9 Å². The quantitative estimate of drug-likeness (QED) is 0.669. The molecule has 0 bridgehead atoms. The van der Waals surface area contributed by atoms with Crippen LogP contribution in [0.5, 0.6) is 0 Å². The van der Waals surface area contributed by atoms with Crippen molar-refractivity contribution < 1.29 is 19.6 Å². The van der Waals surface area contributed by atoms with E-state index >= 15 is 0 Å². The van der Waals surface area contributed by atoms with Crippen LogP contribution < -0.4 is 4.90 Å². The third kappa shape index (κ3) is 2.88. The van der Waals surface area contributed by atoms with Crippen molar-refractivity contribution in [2.24, 2.45) is 0 Å². The van der Waals surface area contributed by atoms with Crippen LogP contribution in [-0.2, 0) is 4.74 Å². The van der Waals surface area contributed by atoms with Gasteiger partial charge in [0.2, 0.25) is 0 Å². The number of non-ortho nitro benzene ring substituents is 1. The minimum absolute atomic E-state index is 0.0454. The number of benzene rings is 1. The van der Waals surface area contributed by atoms with E-state index in [1.54, 1.807) is 0 Å². The first kappa shape index (κ1) is 14.3. The van der Waals surface area contributed by atoms with Crippen LogP contribution in [0.2, 0.25) is 0 Å². The van der Waals surface area contributed by atoms with Gasteiger partial charge in [0.25, 0.3) is 5.69 Å². The number of morpholine rings is 1. The molecule has 0 spiro atoms. The predicted molar refractivity (Wildman–Crippen MR) is 72.3 cm³/mol. The summed E-state index contributed by atoms with van der Waals surface area (Å²) in [5, 5.41) is 20.0. The highest BCUT2D eigenvalue weighted by Crippen LogP contribution is 2.27. The monoisotopic (exact) mass is 280 g/mol. The second-order valence-electron chi connectivity index (χ2n) is 4.61. The molecule has 1 atom stereocenters. The van der Waals surface area contributed by atoms with Gasteiger partial charge in [-0.2, -0.15) is 0 Å². The molecule has 0 radical (unpaired) electrons. The molecule has 1 aromatic carbocycles. The number of ether oxygens (including phenoxy) is 1. The number of carboxylic acids is 1. The van der Waals surface area contributed by atoms with E-state index in [0.29, 0.717) is 25.4 Å². The van der Waals surface area contributed by atoms with E-state index in [1.807, 2.05) is 11.8 Å². The van der Waals surface area contributed by atoms with Crippen LogP contribution in [0.3, 0.4) is 0 Å². The average molecular weight is 280 g/mol. The zero-order valence-electron chi connectivity index (χ0n) is 11.1. The van der Waals surface area contributed by atoms with E-state index in [0.717, 1.165) is 12.5 Å². The number of hydrogen-bond acceptors (Lipinski definition) is 5. The Morgan fingerprint density at radius 2 is 2.35 bits per heavy atom. The van der Waals surface area contributed by atoms with E-state index in [9.17, 15) is 20.0 Å². The Hall–Kier alpha value is -2.15. The fourth-order valence-electron chi connectivity index (χ4n) is 2.27. The van der Waals surface area contributed by atoms with Gasteiger partial charge in [-0.1, -0.05) is 6.92 Å². The van der Waals surface area contributed by atoms with Crippen molar-refractivity contribution in [3.8, 4) is 0 Å². The molecule has 1 heterocycles. The van der Waals surface area contributed by atoms with Crippen molar-refractivity contribution >= 4 is 17.3 Å². The third-order valence-electron chi connectivity index (χ3n) is 3.36. The van der Waals surface area contributed by atoms with E-state index in [2.05, 4.69) is 0 Å². The summed E-state index contributed by atoms with van der Waals surface area (Å²) in [6.07, 6.45) is 0.895. The van der Waals surface area contributed by atoms with Gasteiger partial charge in [-0.25, -0.2) is 4.79 Å². The minimum atomic E-state index is -1.16. The van der Waals surface area contributed by atoms with Crippen LogP contribution in [0.4, 0.5) is 11.4 Å². The number of hydrogen-bond donors (Lipinski definition) is 1. The molecule has 20 heavy (non-hydrogen) atoms. The first-order valence-corrected chi connectivity index (χ1v) is 6.41. The lowest BCUT2D eigenvalue weighted by atomic mass is 10.1. The van der Waals surface area contributed by atoms with Crippen molar-refractivity contribution in [1.82, 2.24) is 0 Å². The summed E-state index contributed by atoms with van der Waals surface area (Å²) in [5.41, 5.74) is 0.243. The van der Waals surface area contributed by atoms with Gasteiger partial charge >= 0.3 is 5.97 Å². The molecule has 1 aliphatic rings. The van der Waals surface area contributed by atoms with Crippen molar-refractivity contribution in [2.45, 2.75) is 19.4 Å². The van der Waals surface area contributed by atoms with Gasteiger partial charge in [0.1, 0.15) is 0 Å². The fraction of sp³-hybridized carbons (Fsp3) is 0.462. The molecule has 0 saturated carbocycles. The number of carboxylic acid groups (broad SMARTS) is 1. The summed E-state index contributed by atoms with van der Waals surface area (Å²) in [6, 6.07) is 3.94. The summed E-state index contributed by atoms with van der Waals surface area (Å²) in [4.78, 5) is 23.4. The summed E-state index contributed by atoms with van der Waals surface area (Å²) in [5.74, 6) is -1.16. The van der Waals surface area contributed by atoms with Crippen LogP contribution in [-0.4, -0.2) is 41.8 Å². The van der Waals surface area contributed by atoms with E-state index in [4.69, 9.17) is 4.74 Å². The molecular weight excluding hydrogens is 264 g/mol. The molecule has 1 fully saturated rings. The SMILES string of the molecule is CCC1CN(c2ccc([N+](=O)[O-])cc2C(=O)O)CCO1. The van der Waals surface area contributed by atoms with Crippen molar-refractivity contribution in [3.05, 3.63) is 33.9 Å². The number of aromatic carboxylic acids is 1. The zero-order chi connectivity index (χ0) is 14.7. The molecule has 0 amide bonds. The maximum atomic E-state index is 11.3. The Bertz CT molecular complexity index is 531.